The molecule has 0 spiro atoms. The molecule has 1 fully saturated rings. The summed E-state index contributed by atoms with van der Waals surface area (Å²) in [5.74, 6) is 0.926. The van der Waals surface area contributed by atoms with E-state index in [9.17, 15) is 0 Å². The Morgan fingerprint density at radius 3 is 2.41 bits per heavy atom. The molecule has 1 N–H and O–H groups in total. The molecule has 2 nitrogen and oxygen atoms in total. The molecule has 1 aromatic rings. The number of hydrogen-bond donors (Lipinski definition) is 1. The molecule has 0 aliphatic carbocycles. The van der Waals surface area contributed by atoms with Crippen molar-refractivity contribution in [1.29, 1.82) is 0 Å². The van der Waals surface area contributed by atoms with Gasteiger partial charge in [0.25, 0.3) is 0 Å². The summed E-state index contributed by atoms with van der Waals surface area (Å²) in [6.07, 6.45) is 5.26. The van der Waals surface area contributed by atoms with Crippen LogP contribution in [0.5, 0.6) is 0 Å². The summed E-state index contributed by atoms with van der Waals surface area (Å²) in [6, 6.07) is 8.85. The van der Waals surface area contributed by atoms with Gasteiger partial charge in [-0.1, -0.05) is 24.3 Å². The number of piperidine rings is 1. The Balaban J connectivity index is 1.77. The van der Waals surface area contributed by atoms with E-state index in [4.69, 9.17) is 4.74 Å². The van der Waals surface area contributed by atoms with Gasteiger partial charge in [-0.25, -0.2) is 0 Å². The van der Waals surface area contributed by atoms with E-state index in [1.807, 2.05) is 0 Å². The Labute approximate surface area is 104 Å². The number of methoxy groups -OCH3 is 1. The van der Waals surface area contributed by atoms with E-state index >= 15 is 0 Å². The van der Waals surface area contributed by atoms with Crippen LogP contribution in [0.15, 0.2) is 24.3 Å². The third kappa shape index (κ3) is 4.14. The topological polar surface area (TPSA) is 21.3 Å². The molecule has 0 saturated carbocycles. The summed E-state index contributed by atoms with van der Waals surface area (Å²) >= 11 is 0. The number of nitrogens with one attached hydrogen (secondary N) is 1. The van der Waals surface area contributed by atoms with Crippen molar-refractivity contribution in [3.8, 4) is 0 Å². The molecule has 1 aromatic carbocycles. The molecule has 1 aliphatic heterocycles. The Hall–Kier alpha value is -0.860. The number of ether oxygens (including phenoxy) is 1. The summed E-state index contributed by atoms with van der Waals surface area (Å²) in [4.78, 5) is 0. The highest BCUT2D eigenvalue weighted by Gasteiger charge is 2.12. The van der Waals surface area contributed by atoms with Crippen LogP contribution in [-0.2, 0) is 17.8 Å². The van der Waals surface area contributed by atoms with Gasteiger partial charge in [0.05, 0.1) is 6.61 Å². The Morgan fingerprint density at radius 1 is 1.12 bits per heavy atom. The molecule has 1 saturated heterocycles. The van der Waals surface area contributed by atoms with E-state index in [0.29, 0.717) is 6.61 Å². The van der Waals surface area contributed by atoms with Gasteiger partial charge in [-0.2, -0.15) is 0 Å². The maximum atomic E-state index is 5.12. The van der Waals surface area contributed by atoms with Crippen molar-refractivity contribution in [2.45, 2.75) is 32.3 Å². The molecule has 94 valence electrons. The van der Waals surface area contributed by atoms with Crippen molar-refractivity contribution >= 4 is 0 Å². The highest BCUT2D eigenvalue weighted by molar-refractivity contribution is 5.22. The fraction of sp³-hybridized carbons (Fsp3) is 0.600. The van der Waals surface area contributed by atoms with Crippen molar-refractivity contribution in [3.63, 3.8) is 0 Å². The van der Waals surface area contributed by atoms with Crippen LogP contribution in [0.1, 0.15) is 30.4 Å². The predicted molar refractivity (Wildman–Crippen MR) is 71.1 cm³/mol. The molecular weight excluding hydrogens is 210 g/mol. The highest BCUT2D eigenvalue weighted by Crippen LogP contribution is 2.19. The molecule has 2 heteroatoms. The third-order valence-corrected chi connectivity index (χ3v) is 3.63. The van der Waals surface area contributed by atoms with Crippen molar-refractivity contribution in [2.75, 3.05) is 20.2 Å². The average Bonchev–Trinajstić information content (AvgIpc) is 2.40. The lowest BCUT2D eigenvalue weighted by Crippen LogP contribution is -2.27. The average molecular weight is 233 g/mol. The molecule has 1 heterocycles. The zero-order valence-corrected chi connectivity index (χ0v) is 10.7. The van der Waals surface area contributed by atoms with Gasteiger partial charge in [0.1, 0.15) is 0 Å². The summed E-state index contributed by atoms with van der Waals surface area (Å²) in [7, 11) is 1.74. The largest absolute Gasteiger partial charge is 0.380 e. The third-order valence-electron chi connectivity index (χ3n) is 3.63. The Kier molecular flexibility index (Phi) is 5.02. The van der Waals surface area contributed by atoms with Gasteiger partial charge in [0.2, 0.25) is 0 Å². The molecule has 0 bridgehead atoms. The van der Waals surface area contributed by atoms with Crippen LogP contribution in [-0.4, -0.2) is 20.2 Å². The van der Waals surface area contributed by atoms with Gasteiger partial charge < -0.3 is 10.1 Å². The zero-order chi connectivity index (χ0) is 11.9. The monoisotopic (exact) mass is 233 g/mol. The first-order chi connectivity index (χ1) is 8.38. The smallest absolute Gasteiger partial charge is 0.0713 e. The lowest BCUT2D eigenvalue weighted by Gasteiger charge is -2.22. The van der Waals surface area contributed by atoms with Gasteiger partial charge in [-0.3, -0.25) is 0 Å². The van der Waals surface area contributed by atoms with Crippen molar-refractivity contribution in [2.24, 2.45) is 5.92 Å². The maximum absolute atomic E-state index is 5.12. The van der Waals surface area contributed by atoms with Crippen molar-refractivity contribution in [1.82, 2.24) is 5.32 Å². The van der Waals surface area contributed by atoms with Crippen LogP contribution in [0.4, 0.5) is 0 Å². The second-order valence-corrected chi connectivity index (χ2v) is 4.98. The summed E-state index contributed by atoms with van der Waals surface area (Å²) in [5.41, 5.74) is 2.72. The van der Waals surface area contributed by atoms with Crippen LogP contribution < -0.4 is 5.32 Å². The SMILES string of the molecule is COCc1ccc(CCC2CCNCC2)cc1. The quantitative estimate of drug-likeness (QED) is 0.844. The Morgan fingerprint density at radius 2 is 1.76 bits per heavy atom. The molecule has 2 rings (SSSR count). The van der Waals surface area contributed by atoms with Crippen molar-refractivity contribution in [3.05, 3.63) is 35.4 Å². The number of rotatable bonds is 5. The molecule has 1 aliphatic rings. The lowest BCUT2D eigenvalue weighted by molar-refractivity contribution is 0.185. The standard InChI is InChI=1S/C15H23NO/c1-17-12-15-6-4-13(5-7-15)2-3-14-8-10-16-11-9-14/h4-7,14,16H,2-3,8-12H2,1H3. The molecule has 0 unspecified atom stereocenters. The van der Waals surface area contributed by atoms with Gasteiger partial charge in [0.15, 0.2) is 0 Å². The normalized spacial score (nSPS) is 17.2. The number of benzene rings is 1. The fourth-order valence-corrected chi connectivity index (χ4v) is 2.51. The molecular formula is C15H23NO. The first-order valence-corrected chi connectivity index (χ1v) is 6.66. The molecule has 17 heavy (non-hydrogen) atoms. The maximum Gasteiger partial charge on any atom is 0.0713 e. The highest BCUT2D eigenvalue weighted by atomic mass is 16.5. The molecule has 0 atom stereocenters. The number of aryl methyl sites for hydroxylation is 1. The Bertz CT molecular complexity index is 314. The molecule has 0 radical (unpaired) electrons. The molecule has 0 amide bonds. The fourth-order valence-electron chi connectivity index (χ4n) is 2.51. The first kappa shape index (κ1) is 12.6. The van der Waals surface area contributed by atoms with Gasteiger partial charge in [-0.15, -0.1) is 0 Å². The molecule has 0 aromatic heterocycles. The van der Waals surface area contributed by atoms with Crippen LogP contribution in [0.25, 0.3) is 0 Å². The number of hydrogen-bond acceptors (Lipinski definition) is 2. The zero-order valence-electron chi connectivity index (χ0n) is 10.7. The summed E-state index contributed by atoms with van der Waals surface area (Å²) in [5, 5.41) is 3.42. The van der Waals surface area contributed by atoms with Crippen LogP contribution in [0.2, 0.25) is 0 Å². The van der Waals surface area contributed by atoms with Gasteiger partial charge >= 0.3 is 0 Å². The van der Waals surface area contributed by atoms with E-state index < -0.39 is 0 Å². The van der Waals surface area contributed by atoms with Gasteiger partial charge in [-0.05, 0) is 55.8 Å². The minimum Gasteiger partial charge on any atom is -0.380 e. The first-order valence-electron chi connectivity index (χ1n) is 6.66. The van der Waals surface area contributed by atoms with Crippen LogP contribution >= 0.6 is 0 Å². The minimum absolute atomic E-state index is 0.717. The minimum atomic E-state index is 0.717. The van der Waals surface area contributed by atoms with E-state index in [-0.39, 0.29) is 0 Å². The summed E-state index contributed by atoms with van der Waals surface area (Å²) < 4.78 is 5.12. The van der Waals surface area contributed by atoms with E-state index in [1.165, 1.54) is 49.9 Å². The van der Waals surface area contributed by atoms with Crippen molar-refractivity contribution < 1.29 is 4.74 Å². The second-order valence-electron chi connectivity index (χ2n) is 4.98. The van der Waals surface area contributed by atoms with Crippen LogP contribution in [0, 0.1) is 5.92 Å². The van der Waals surface area contributed by atoms with E-state index in [1.54, 1.807) is 7.11 Å². The van der Waals surface area contributed by atoms with E-state index in [0.717, 1.165) is 5.92 Å². The summed E-state index contributed by atoms with van der Waals surface area (Å²) in [6.45, 7) is 3.13. The second kappa shape index (κ2) is 6.77. The van der Waals surface area contributed by atoms with E-state index in [2.05, 4.69) is 29.6 Å². The predicted octanol–water partition coefficient (Wildman–Crippen LogP) is 2.77. The van der Waals surface area contributed by atoms with Gasteiger partial charge in [0, 0.05) is 7.11 Å². The van der Waals surface area contributed by atoms with Crippen LogP contribution in [0.3, 0.4) is 0 Å². The lowest BCUT2D eigenvalue weighted by atomic mass is 9.91.